The number of allylic oxidation sites excluding steroid dienone is 1. The fourth-order valence-corrected chi connectivity index (χ4v) is 4.64. The number of benzene rings is 1. The first kappa shape index (κ1) is 17.3. The molecule has 1 aromatic rings. The Kier molecular flexibility index (Phi) is 5.15. The Hall–Kier alpha value is -1.53. The summed E-state index contributed by atoms with van der Waals surface area (Å²) in [6, 6.07) is 7.36. The van der Waals surface area contributed by atoms with Crippen molar-refractivity contribution >= 4 is 27.3 Å². The number of hydrogen-bond acceptors (Lipinski definition) is 4. The summed E-state index contributed by atoms with van der Waals surface area (Å²) in [5, 5.41) is 1.81. The van der Waals surface area contributed by atoms with E-state index in [0.29, 0.717) is 23.9 Å². The molecule has 3 rings (SSSR count). The molecule has 2 aliphatic heterocycles. The summed E-state index contributed by atoms with van der Waals surface area (Å²) in [5.41, 5.74) is 0. The van der Waals surface area contributed by atoms with E-state index in [1.165, 1.54) is 5.41 Å². The van der Waals surface area contributed by atoms with Crippen molar-refractivity contribution in [3.05, 3.63) is 40.8 Å². The zero-order valence-electron chi connectivity index (χ0n) is 13.2. The van der Waals surface area contributed by atoms with E-state index < -0.39 is 9.84 Å². The predicted molar refractivity (Wildman–Crippen MR) is 92.7 cm³/mol. The van der Waals surface area contributed by atoms with Crippen LogP contribution < -0.4 is 4.74 Å². The molecular formula is C17H20ClNO4S. The van der Waals surface area contributed by atoms with Gasteiger partial charge in [-0.3, -0.25) is 4.79 Å². The van der Waals surface area contributed by atoms with Gasteiger partial charge in [0, 0.05) is 43.7 Å². The molecule has 1 aromatic carbocycles. The topological polar surface area (TPSA) is 63.7 Å². The average Bonchev–Trinajstić information content (AvgIpc) is 2.89. The third-order valence-corrected chi connectivity index (χ3v) is 6.14. The molecule has 1 amide bonds. The average molecular weight is 370 g/mol. The Labute approximate surface area is 147 Å². The standard InChI is InChI=1S/C17H20ClNO4S/c18-15-3-1-2-4-16(15)23-14-5-8-19(9-6-14)17(20)11-13-7-10-24(21,22)12-13/h1-4,7,10,13-14H,5-6,8-9,11-12H2. The minimum absolute atomic E-state index is 0.0120. The zero-order chi connectivity index (χ0) is 17.2. The fraction of sp³-hybridized carbons (Fsp3) is 0.471. The Morgan fingerprint density at radius 2 is 1.96 bits per heavy atom. The van der Waals surface area contributed by atoms with Gasteiger partial charge in [0.15, 0.2) is 9.84 Å². The number of nitrogens with zero attached hydrogens (tertiary/aromatic N) is 1. The fourth-order valence-electron chi connectivity index (χ4n) is 3.06. The summed E-state index contributed by atoms with van der Waals surface area (Å²) in [4.78, 5) is 14.1. The second kappa shape index (κ2) is 7.15. The summed E-state index contributed by atoms with van der Waals surface area (Å²) >= 11 is 6.10. The minimum atomic E-state index is -3.10. The van der Waals surface area contributed by atoms with Gasteiger partial charge in [-0.05, 0) is 12.1 Å². The van der Waals surface area contributed by atoms with Gasteiger partial charge in [-0.2, -0.15) is 0 Å². The van der Waals surface area contributed by atoms with Crippen molar-refractivity contribution in [2.75, 3.05) is 18.8 Å². The van der Waals surface area contributed by atoms with Crippen molar-refractivity contribution in [3.63, 3.8) is 0 Å². The second-order valence-corrected chi connectivity index (χ2v) is 8.59. The van der Waals surface area contributed by atoms with E-state index in [-0.39, 0.29) is 30.1 Å². The van der Waals surface area contributed by atoms with Gasteiger partial charge in [0.2, 0.25) is 5.91 Å². The Bertz CT molecular complexity index is 739. The number of likely N-dealkylation sites (tertiary alicyclic amines) is 1. The van der Waals surface area contributed by atoms with Crippen LogP contribution in [0, 0.1) is 5.92 Å². The Morgan fingerprint density at radius 1 is 1.25 bits per heavy atom. The highest BCUT2D eigenvalue weighted by Crippen LogP contribution is 2.27. The van der Waals surface area contributed by atoms with E-state index in [4.69, 9.17) is 16.3 Å². The number of carbonyl (C=O) groups is 1. The maximum atomic E-state index is 12.3. The molecule has 7 heteroatoms. The molecule has 1 unspecified atom stereocenters. The predicted octanol–water partition coefficient (Wildman–Crippen LogP) is 2.66. The van der Waals surface area contributed by atoms with Crippen LogP contribution >= 0.6 is 11.6 Å². The molecule has 1 saturated heterocycles. The van der Waals surface area contributed by atoms with Crippen LogP contribution in [0.15, 0.2) is 35.7 Å². The number of halogens is 1. The van der Waals surface area contributed by atoms with Gasteiger partial charge in [-0.1, -0.05) is 29.8 Å². The Balaban J connectivity index is 1.47. The van der Waals surface area contributed by atoms with Crippen LogP contribution in [-0.2, 0) is 14.6 Å². The van der Waals surface area contributed by atoms with Crippen molar-refractivity contribution in [1.29, 1.82) is 0 Å². The van der Waals surface area contributed by atoms with Gasteiger partial charge < -0.3 is 9.64 Å². The molecule has 2 heterocycles. The van der Waals surface area contributed by atoms with Crippen molar-refractivity contribution in [2.24, 2.45) is 5.92 Å². The van der Waals surface area contributed by atoms with Gasteiger partial charge >= 0.3 is 0 Å². The van der Waals surface area contributed by atoms with Gasteiger partial charge in [0.05, 0.1) is 10.8 Å². The number of rotatable bonds is 4. The molecule has 0 aliphatic carbocycles. The van der Waals surface area contributed by atoms with Crippen LogP contribution in [-0.4, -0.2) is 44.2 Å². The third-order valence-electron chi connectivity index (χ3n) is 4.37. The summed E-state index contributed by atoms with van der Waals surface area (Å²) in [5.74, 6) is 0.535. The molecule has 1 fully saturated rings. The first-order valence-electron chi connectivity index (χ1n) is 8.03. The highest BCUT2D eigenvalue weighted by atomic mass is 35.5. The molecule has 24 heavy (non-hydrogen) atoms. The summed E-state index contributed by atoms with van der Waals surface area (Å²) in [6.07, 6.45) is 3.42. The van der Waals surface area contributed by atoms with Crippen LogP contribution in [0.2, 0.25) is 5.02 Å². The second-order valence-electron chi connectivity index (χ2n) is 6.25. The van der Waals surface area contributed by atoms with Gasteiger partial charge in [0.25, 0.3) is 0 Å². The quantitative estimate of drug-likeness (QED) is 0.818. The first-order chi connectivity index (χ1) is 11.4. The zero-order valence-corrected chi connectivity index (χ0v) is 14.8. The number of sulfone groups is 1. The number of ether oxygens (including phenoxy) is 1. The highest BCUT2D eigenvalue weighted by Gasteiger charge is 2.28. The minimum Gasteiger partial charge on any atom is -0.489 e. The van der Waals surface area contributed by atoms with Crippen molar-refractivity contribution in [1.82, 2.24) is 4.90 Å². The molecule has 1 atom stereocenters. The van der Waals surface area contributed by atoms with Gasteiger partial charge in [-0.25, -0.2) is 8.42 Å². The SMILES string of the molecule is O=C(CC1C=CS(=O)(=O)C1)N1CCC(Oc2ccccc2Cl)CC1. The number of piperidine rings is 1. The van der Waals surface area contributed by atoms with Crippen molar-refractivity contribution in [3.8, 4) is 5.75 Å². The van der Waals surface area contributed by atoms with E-state index in [9.17, 15) is 13.2 Å². The van der Waals surface area contributed by atoms with E-state index in [2.05, 4.69) is 0 Å². The van der Waals surface area contributed by atoms with E-state index in [1.54, 1.807) is 17.0 Å². The molecule has 0 radical (unpaired) electrons. The molecule has 0 spiro atoms. The summed E-state index contributed by atoms with van der Waals surface area (Å²) in [7, 11) is -3.10. The lowest BCUT2D eigenvalue weighted by Crippen LogP contribution is -2.42. The maximum Gasteiger partial charge on any atom is 0.223 e. The van der Waals surface area contributed by atoms with E-state index >= 15 is 0 Å². The number of amides is 1. The molecule has 0 N–H and O–H groups in total. The molecule has 130 valence electrons. The Morgan fingerprint density at radius 3 is 2.58 bits per heavy atom. The van der Waals surface area contributed by atoms with Crippen LogP contribution in [0.3, 0.4) is 0 Å². The van der Waals surface area contributed by atoms with Crippen LogP contribution in [0.5, 0.6) is 5.75 Å². The van der Waals surface area contributed by atoms with E-state index in [1.807, 2.05) is 18.2 Å². The van der Waals surface area contributed by atoms with Gasteiger partial charge in [-0.15, -0.1) is 0 Å². The number of carbonyl (C=O) groups excluding carboxylic acids is 1. The van der Waals surface area contributed by atoms with Crippen LogP contribution in [0.25, 0.3) is 0 Å². The molecule has 0 aromatic heterocycles. The number of hydrogen-bond donors (Lipinski definition) is 0. The van der Waals surface area contributed by atoms with E-state index in [0.717, 1.165) is 12.8 Å². The molecule has 0 saturated carbocycles. The largest absolute Gasteiger partial charge is 0.489 e. The molecule has 0 bridgehead atoms. The lowest BCUT2D eigenvalue weighted by Gasteiger charge is -2.32. The highest BCUT2D eigenvalue weighted by molar-refractivity contribution is 7.94. The third kappa shape index (κ3) is 4.30. The normalized spacial score (nSPS) is 23.4. The van der Waals surface area contributed by atoms with Crippen LogP contribution in [0.1, 0.15) is 19.3 Å². The maximum absolute atomic E-state index is 12.3. The molecule has 2 aliphatic rings. The van der Waals surface area contributed by atoms with Crippen molar-refractivity contribution in [2.45, 2.75) is 25.4 Å². The first-order valence-corrected chi connectivity index (χ1v) is 10.1. The summed E-state index contributed by atoms with van der Waals surface area (Å²) in [6.45, 7) is 1.24. The lowest BCUT2D eigenvalue weighted by atomic mass is 10.0. The van der Waals surface area contributed by atoms with Crippen LogP contribution in [0.4, 0.5) is 0 Å². The lowest BCUT2D eigenvalue weighted by molar-refractivity contribution is -0.133. The van der Waals surface area contributed by atoms with Crippen molar-refractivity contribution < 1.29 is 17.9 Å². The summed E-state index contributed by atoms with van der Waals surface area (Å²) < 4.78 is 28.7. The molecule has 5 nitrogen and oxygen atoms in total. The smallest absolute Gasteiger partial charge is 0.223 e. The molecular weight excluding hydrogens is 350 g/mol. The monoisotopic (exact) mass is 369 g/mol. The van der Waals surface area contributed by atoms with Gasteiger partial charge in [0.1, 0.15) is 11.9 Å². The number of para-hydroxylation sites is 1.